The molecule has 0 aliphatic rings. The van der Waals surface area contributed by atoms with E-state index in [0.717, 1.165) is 0 Å². The SMILES string of the molecule is Cc1cc(Cl)ccc1C(=O)Nc1cccc(F)c1C#N. The van der Waals surface area contributed by atoms with Crippen LogP contribution in [0.4, 0.5) is 10.1 Å². The van der Waals surface area contributed by atoms with E-state index in [1.54, 1.807) is 31.2 Å². The summed E-state index contributed by atoms with van der Waals surface area (Å²) in [5.74, 6) is -1.08. The second kappa shape index (κ2) is 5.72. The molecule has 1 amide bonds. The molecule has 0 atom stereocenters. The molecule has 2 aromatic rings. The van der Waals surface area contributed by atoms with Crippen LogP contribution in [0.2, 0.25) is 5.02 Å². The molecule has 5 heteroatoms. The summed E-state index contributed by atoms with van der Waals surface area (Å²) in [6, 6.07) is 10.6. The van der Waals surface area contributed by atoms with Crippen molar-refractivity contribution in [2.24, 2.45) is 0 Å². The van der Waals surface area contributed by atoms with Gasteiger partial charge < -0.3 is 5.32 Å². The normalized spacial score (nSPS) is 9.90. The molecule has 0 fully saturated rings. The first-order chi connectivity index (χ1) is 9.52. The maximum absolute atomic E-state index is 13.4. The average molecular weight is 289 g/mol. The molecule has 1 N–H and O–H groups in total. The van der Waals surface area contributed by atoms with Crippen molar-refractivity contribution in [3.8, 4) is 6.07 Å². The summed E-state index contributed by atoms with van der Waals surface area (Å²) in [5.41, 5.74) is 1.08. The predicted octanol–water partition coefficient (Wildman–Crippen LogP) is 3.91. The van der Waals surface area contributed by atoms with Gasteiger partial charge in [0.25, 0.3) is 5.91 Å². The van der Waals surface area contributed by atoms with Gasteiger partial charge in [-0.05, 0) is 42.8 Å². The predicted molar refractivity (Wildman–Crippen MR) is 75.3 cm³/mol. The highest BCUT2D eigenvalue weighted by Gasteiger charge is 2.13. The van der Waals surface area contributed by atoms with Gasteiger partial charge in [0.05, 0.1) is 5.69 Å². The largest absolute Gasteiger partial charge is 0.321 e. The number of anilines is 1. The zero-order chi connectivity index (χ0) is 14.7. The van der Waals surface area contributed by atoms with Crippen molar-refractivity contribution in [2.75, 3.05) is 5.32 Å². The maximum Gasteiger partial charge on any atom is 0.255 e. The molecule has 0 aliphatic heterocycles. The second-order valence-electron chi connectivity index (χ2n) is 4.19. The fourth-order valence-corrected chi connectivity index (χ4v) is 2.04. The lowest BCUT2D eigenvalue weighted by atomic mass is 10.1. The molecule has 0 bridgehead atoms. The molecule has 20 heavy (non-hydrogen) atoms. The van der Waals surface area contributed by atoms with E-state index in [4.69, 9.17) is 16.9 Å². The Morgan fingerprint density at radius 3 is 2.75 bits per heavy atom. The Balaban J connectivity index is 2.33. The van der Waals surface area contributed by atoms with E-state index in [-0.39, 0.29) is 11.3 Å². The number of nitrogens with zero attached hydrogens (tertiary/aromatic N) is 1. The molecule has 0 spiro atoms. The van der Waals surface area contributed by atoms with E-state index in [2.05, 4.69) is 5.32 Å². The topological polar surface area (TPSA) is 52.9 Å². The van der Waals surface area contributed by atoms with Crippen LogP contribution in [0.3, 0.4) is 0 Å². The van der Waals surface area contributed by atoms with Crippen LogP contribution < -0.4 is 5.32 Å². The Hall–Kier alpha value is -2.38. The number of hydrogen-bond donors (Lipinski definition) is 1. The number of carbonyl (C=O) groups excluding carboxylic acids is 1. The molecule has 0 saturated carbocycles. The summed E-state index contributed by atoms with van der Waals surface area (Å²) in [6.45, 7) is 1.75. The van der Waals surface area contributed by atoms with Crippen LogP contribution in [0.1, 0.15) is 21.5 Å². The zero-order valence-electron chi connectivity index (χ0n) is 10.6. The lowest BCUT2D eigenvalue weighted by molar-refractivity contribution is 0.102. The van der Waals surface area contributed by atoms with E-state index in [9.17, 15) is 9.18 Å². The molecule has 3 nitrogen and oxygen atoms in total. The van der Waals surface area contributed by atoms with Crippen LogP contribution in [0.25, 0.3) is 0 Å². The van der Waals surface area contributed by atoms with Crippen LogP contribution in [0.15, 0.2) is 36.4 Å². The number of halogens is 2. The van der Waals surface area contributed by atoms with Crippen molar-refractivity contribution < 1.29 is 9.18 Å². The van der Waals surface area contributed by atoms with Gasteiger partial charge in [-0.1, -0.05) is 17.7 Å². The summed E-state index contributed by atoms with van der Waals surface area (Å²) in [7, 11) is 0. The first kappa shape index (κ1) is 14.0. The van der Waals surface area contributed by atoms with E-state index in [0.29, 0.717) is 16.1 Å². The van der Waals surface area contributed by atoms with E-state index < -0.39 is 11.7 Å². The summed E-state index contributed by atoms with van der Waals surface area (Å²) >= 11 is 5.83. The number of hydrogen-bond acceptors (Lipinski definition) is 2. The Morgan fingerprint density at radius 1 is 1.35 bits per heavy atom. The molecule has 0 unspecified atom stereocenters. The Morgan fingerprint density at radius 2 is 2.10 bits per heavy atom. The molecule has 0 aromatic heterocycles. The smallest absolute Gasteiger partial charge is 0.255 e. The maximum atomic E-state index is 13.4. The molecule has 0 aliphatic carbocycles. The van der Waals surface area contributed by atoms with Crippen LogP contribution in [0, 0.1) is 24.1 Å². The summed E-state index contributed by atoms with van der Waals surface area (Å²) in [5, 5.41) is 12.0. The van der Waals surface area contributed by atoms with Crippen molar-refractivity contribution in [3.05, 3.63) is 63.9 Å². The Kier molecular flexibility index (Phi) is 4.02. The van der Waals surface area contributed by atoms with Gasteiger partial charge in [-0.15, -0.1) is 0 Å². The van der Waals surface area contributed by atoms with Gasteiger partial charge in [-0.3, -0.25) is 4.79 Å². The van der Waals surface area contributed by atoms with Crippen LogP contribution in [0.5, 0.6) is 0 Å². The van der Waals surface area contributed by atoms with E-state index in [1.807, 2.05) is 0 Å². The monoisotopic (exact) mass is 288 g/mol. The summed E-state index contributed by atoms with van der Waals surface area (Å²) < 4.78 is 13.4. The molecule has 100 valence electrons. The van der Waals surface area contributed by atoms with Crippen molar-refractivity contribution in [2.45, 2.75) is 6.92 Å². The molecule has 0 radical (unpaired) electrons. The standard InChI is InChI=1S/C15H10ClFN2O/c1-9-7-10(16)5-6-11(9)15(20)19-14-4-2-3-13(17)12(14)8-18/h2-7H,1H3,(H,19,20). The molecular formula is C15H10ClFN2O. The molecule has 0 heterocycles. The number of amides is 1. The van der Waals surface area contributed by atoms with Gasteiger partial charge in [0, 0.05) is 10.6 Å². The molecule has 2 aromatic carbocycles. The van der Waals surface area contributed by atoms with Gasteiger partial charge in [0.15, 0.2) is 0 Å². The first-order valence-corrected chi connectivity index (χ1v) is 6.17. The molecular weight excluding hydrogens is 279 g/mol. The van der Waals surface area contributed by atoms with Gasteiger partial charge >= 0.3 is 0 Å². The number of nitriles is 1. The van der Waals surface area contributed by atoms with Crippen molar-refractivity contribution in [3.63, 3.8) is 0 Å². The fraction of sp³-hybridized carbons (Fsp3) is 0.0667. The van der Waals surface area contributed by atoms with Crippen LogP contribution >= 0.6 is 11.6 Å². The minimum atomic E-state index is -0.668. The average Bonchev–Trinajstić information content (AvgIpc) is 2.38. The van der Waals surface area contributed by atoms with Gasteiger partial charge in [0.1, 0.15) is 17.4 Å². The lowest BCUT2D eigenvalue weighted by Crippen LogP contribution is -2.14. The summed E-state index contributed by atoms with van der Waals surface area (Å²) in [4.78, 5) is 12.1. The van der Waals surface area contributed by atoms with Gasteiger partial charge in [0.2, 0.25) is 0 Å². The van der Waals surface area contributed by atoms with E-state index >= 15 is 0 Å². The van der Waals surface area contributed by atoms with Crippen molar-refractivity contribution in [1.29, 1.82) is 5.26 Å². The molecule has 0 saturated heterocycles. The zero-order valence-corrected chi connectivity index (χ0v) is 11.3. The number of carbonyl (C=O) groups is 1. The lowest BCUT2D eigenvalue weighted by Gasteiger charge is -2.09. The van der Waals surface area contributed by atoms with E-state index in [1.165, 1.54) is 18.2 Å². The number of nitrogens with one attached hydrogen (secondary N) is 1. The fourth-order valence-electron chi connectivity index (χ4n) is 1.81. The Labute approximate surface area is 120 Å². The third kappa shape index (κ3) is 2.79. The third-order valence-electron chi connectivity index (χ3n) is 2.81. The van der Waals surface area contributed by atoms with Crippen LogP contribution in [-0.4, -0.2) is 5.91 Å². The van der Waals surface area contributed by atoms with Gasteiger partial charge in [-0.25, -0.2) is 4.39 Å². The first-order valence-electron chi connectivity index (χ1n) is 5.79. The van der Waals surface area contributed by atoms with Crippen molar-refractivity contribution >= 4 is 23.2 Å². The number of aryl methyl sites for hydroxylation is 1. The minimum absolute atomic E-state index is 0.145. The van der Waals surface area contributed by atoms with Gasteiger partial charge in [-0.2, -0.15) is 5.26 Å². The third-order valence-corrected chi connectivity index (χ3v) is 3.04. The van der Waals surface area contributed by atoms with Crippen LogP contribution in [-0.2, 0) is 0 Å². The number of rotatable bonds is 2. The second-order valence-corrected chi connectivity index (χ2v) is 4.62. The molecule has 2 rings (SSSR count). The minimum Gasteiger partial charge on any atom is -0.321 e. The highest BCUT2D eigenvalue weighted by atomic mass is 35.5. The highest BCUT2D eigenvalue weighted by Crippen LogP contribution is 2.20. The number of benzene rings is 2. The van der Waals surface area contributed by atoms with Crippen molar-refractivity contribution in [1.82, 2.24) is 0 Å². The summed E-state index contributed by atoms with van der Waals surface area (Å²) in [6.07, 6.45) is 0. The quantitative estimate of drug-likeness (QED) is 0.911. The Bertz CT molecular complexity index is 722. The highest BCUT2D eigenvalue weighted by molar-refractivity contribution is 6.30.